The van der Waals surface area contributed by atoms with Crippen molar-refractivity contribution >= 4 is 11.6 Å². The largest absolute Gasteiger partial charge is 0.273 e. The molecule has 2 aromatic rings. The Hall–Kier alpha value is -2.13. The van der Waals surface area contributed by atoms with Crippen molar-refractivity contribution in [2.24, 2.45) is 5.84 Å². The van der Waals surface area contributed by atoms with Crippen molar-refractivity contribution in [2.45, 2.75) is 26.2 Å². The molecule has 102 valence electrons. The molecule has 0 bridgehead atoms. The number of hydrazine groups is 1. The van der Waals surface area contributed by atoms with Gasteiger partial charge in [-0.05, 0) is 42.5 Å². The van der Waals surface area contributed by atoms with Crippen LogP contribution in [0.2, 0.25) is 0 Å². The number of carbonyl (C=O) groups excluding carboxylic acids is 1. The number of anilines is 1. The average molecular weight is 266 g/mol. The summed E-state index contributed by atoms with van der Waals surface area (Å²) < 4.78 is 0. The van der Waals surface area contributed by atoms with E-state index in [4.69, 9.17) is 5.84 Å². The van der Waals surface area contributed by atoms with Gasteiger partial charge in [-0.15, -0.1) is 0 Å². The monoisotopic (exact) mass is 266 g/mol. The first-order valence-electron chi connectivity index (χ1n) is 6.93. The van der Waals surface area contributed by atoms with Crippen LogP contribution >= 0.6 is 0 Å². The zero-order valence-electron chi connectivity index (χ0n) is 11.6. The van der Waals surface area contributed by atoms with Gasteiger partial charge in [0.25, 0.3) is 0 Å². The van der Waals surface area contributed by atoms with Crippen LogP contribution in [0, 0.1) is 6.92 Å². The molecule has 2 N–H and O–H groups in total. The first-order chi connectivity index (χ1) is 9.65. The number of amides is 1. The standard InChI is InChI=1S/C17H18N2O/c1-12-4-2-6-14(10-12)15-9-8-13-5-3-7-17(20)19(18)16(13)11-15/h2,4,6,8-11H,3,5,7,18H2,1H3. The van der Waals surface area contributed by atoms with Gasteiger partial charge in [0.1, 0.15) is 0 Å². The molecule has 0 spiro atoms. The van der Waals surface area contributed by atoms with E-state index in [0.717, 1.165) is 35.2 Å². The molecule has 3 nitrogen and oxygen atoms in total. The second-order valence-corrected chi connectivity index (χ2v) is 5.33. The summed E-state index contributed by atoms with van der Waals surface area (Å²) >= 11 is 0. The lowest BCUT2D eigenvalue weighted by molar-refractivity contribution is -0.118. The van der Waals surface area contributed by atoms with Crippen LogP contribution in [-0.2, 0) is 11.2 Å². The van der Waals surface area contributed by atoms with E-state index >= 15 is 0 Å². The van der Waals surface area contributed by atoms with Crippen LogP contribution in [0.15, 0.2) is 42.5 Å². The molecule has 2 aromatic carbocycles. The van der Waals surface area contributed by atoms with Crippen molar-refractivity contribution in [2.75, 3.05) is 5.01 Å². The zero-order chi connectivity index (χ0) is 14.1. The van der Waals surface area contributed by atoms with Crippen molar-refractivity contribution in [3.63, 3.8) is 0 Å². The number of hydrogen-bond donors (Lipinski definition) is 1. The molecule has 0 unspecified atom stereocenters. The molecule has 20 heavy (non-hydrogen) atoms. The second kappa shape index (κ2) is 5.10. The summed E-state index contributed by atoms with van der Waals surface area (Å²) in [6.45, 7) is 2.08. The van der Waals surface area contributed by atoms with E-state index in [1.54, 1.807) is 0 Å². The summed E-state index contributed by atoms with van der Waals surface area (Å²) in [7, 11) is 0. The minimum Gasteiger partial charge on any atom is -0.273 e. The van der Waals surface area contributed by atoms with Crippen molar-refractivity contribution in [1.82, 2.24) is 0 Å². The number of benzene rings is 2. The summed E-state index contributed by atoms with van der Waals surface area (Å²) in [5.41, 5.74) is 5.45. The third kappa shape index (κ3) is 2.32. The molecule has 0 aliphatic carbocycles. The summed E-state index contributed by atoms with van der Waals surface area (Å²) in [6, 6.07) is 14.6. The number of aryl methyl sites for hydroxylation is 2. The first kappa shape index (κ1) is 12.9. The number of carbonyl (C=O) groups is 1. The topological polar surface area (TPSA) is 46.3 Å². The fraction of sp³-hybridized carbons (Fsp3) is 0.235. The van der Waals surface area contributed by atoms with E-state index in [1.165, 1.54) is 10.6 Å². The molecule has 3 rings (SSSR count). The summed E-state index contributed by atoms with van der Waals surface area (Å²) in [5.74, 6) is 5.94. The van der Waals surface area contributed by atoms with Gasteiger partial charge in [-0.3, -0.25) is 4.79 Å². The van der Waals surface area contributed by atoms with Crippen LogP contribution in [0.25, 0.3) is 11.1 Å². The lowest BCUT2D eigenvalue weighted by Crippen LogP contribution is -2.36. The third-order valence-electron chi connectivity index (χ3n) is 3.80. The maximum absolute atomic E-state index is 11.9. The third-order valence-corrected chi connectivity index (χ3v) is 3.80. The van der Waals surface area contributed by atoms with Crippen LogP contribution < -0.4 is 10.9 Å². The molecule has 0 aromatic heterocycles. The quantitative estimate of drug-likeness (QED) is 0.636. The van der Waals surface area contributed by atoms with Crippen LogP contribution in [0.1, 0.15) is 24.0 Å². The Morgan fingerprint density at radius 1 is 1.05 bits per heavy atom. The molecule has 0 radical (unpaired) electrons. The smallest absolute Gasteiger partial charge is 0.241 e. The molecule has 3 heteroatoms. The van der Waals surface area contributed by atoms with Gasteiger partial charge in [-0.2, -0.15) is 0 Å². The fourth-order valence-corrected chi connectivity index (χ4v) is 2.69. The zero-order valence-corrected chi connectivity index (χ0v) is 11.6. The highest BCUT2D eigenvalue weighted by Crippen LogP contribution is 2.30. The van der Waals surface area contributed by atoms with Crippen LogP contribution in [0.5, 0.6) is 0 Å². The van der Waals surface area contributed by atoms with Gasteiger partial charge in [-0.25, -0.2) is 10.9 Å². The Morgan fingerprint density at radius 2 is 1.85 bits per heavy atom. The van der Waals surface area contributed by atoms with Gasteiger partial charge < -0.3 is 0 Å². The normalized spacial score (nSPS) is 14.9. The minimum absolute atomic E-state index is 0.00913. The van der Waals surface area contributed by atoms with Gasteiger partial charge in [0.05, 0.1) is 5.69 Å². The van der Waals surface area contributed by atoms with E-state index in [1.807, 2.05) is 12.1 Å². The average Bonchev–Trinajstić information content (AvgIpc) is 2.59. The van der Waals surface area contributed by atoms with Crippen LogP contribution in [-0.4, -0.2) is 5.91 Å². The van der Waals surface area contributed by atoms with E-state index < -0.39 is 0 Å². The molecule has 1 aliphatic rings. The second-order valence-electron chi connectivity index (χ2n) is 5.33. The summed E-state index contributed by atoms with van der Waals surface area (Å²) in [4.78, 5) is 11.9. The van der Waals surface area contributed by atoms with Crippen LogP contribution in [0.4, 0.5) is 5.69 Å². The van der Waals surface area contributed by atoms with Crippen molar-refractivity contribution in [1.29, 1.82) is 0 Å². The molecule has 1 amide bonds. The summed E-state index contributed by atoms with van der Waals surface area (Å²) in [6.07, 6.45) is 2.29. The SMILES string of the molecule is Cc1cccc(-c2ccc3c(c2)N(N)C(=O)CCC3)c1. The number of nitrogens with zero attached hydrogens (tertiary/aromatic N) is 1. The maximum atomic E-state index is 11.9. The van der Waals surface area contributed by atoms with E-state index in [0.29, 0.717) is 6.42 Å². The van der Waals surface area contributed by atoms with Crippen molar-refractivity contribution in [3.05, 3.63) is 53.6 Å². The molecule has 1 heterocycles. The van der Waals surface area contributed by atoms with Crippen molar-refractivity contribution in [3.8, 4) is 11.1 Å². The van der Waals surface area contributed by atoms with E-state index in [9.17, 15) is 4.79 Å². The number of fused-ring (bicyclic) bond motifs is 1. The van der Waals surface area contributed by atoms with Gasteiger partial charge >= 0.3 is 0 Å². The predicted molar refractivity (Wildman–Crippen MR) is 81.2 cm³/mol. The molecule has 0 saturated carbocycles. The molecule has 1 aliphatic heterocycles. The summed E-state index contributed by atoms with van der Waals surface area (Å²) in [5, 5.41) is 1.31. The van der Waals surface area contributed by atoms with Gasteiger partial charge in [0.15, 0.2) is 0 Å². The minimum atomic E-state index is -0.00913. The number of hydrogen-bond acceptors (Lipinski definition) is 2. The Balaban J connectivity index is 2.08. The molecule has 0 atom stereocenters. The Kier molecular flexibility index (Phi) is 3.28. The first-order valence-corrected chi connectivity index (χ1v) is 6.93. The Morgan fingerprint density at radius 3 is 2.65 bits per heavy atom. The molecular weight excluding hydrogens is 248 g/mol. The fourth-order valence-electron chi connectivity index (χ4n) is 2.69. The highest BCUT2D eigenvalue weighted by atomic mass is 16.2. The lowest BCUT2D eigenvalue weighted by Gasteiger charge is -2.18. The predicted octanol–water partition coefficient (Wildman–Crippen LogP) is 3.21. The molecular formula is C17H18N2O. The van der Waals surface area contributed by atoms with E-state index in [-0.39, 0.29) is 5.91 Å². The van der Waals surface area contributed by atoms with Crippen molar-refractivity contribution < 1.29 is 4.79 Å². The van der Waals surface area contributed by atoms with Gasteiger partial charge in [0, 0.05) is 6.42 Å². The lowest BCUT2D eigenvalue weighted by atomic mass is 9.99. The van der Waals surface area contributed by atoms with Gasteiger partial charge in [-0.1, -0.05) is 42.0 Å². The number of nitrogens with two attached hydrogens (primary N) is 1. The molecule has 0 fully saturated rings. The number of rotatable bonds is 1. The van der Waals surface area contributed by atoms with E-state index in [2.05, 4.69) is 37.3 Å². The Bertz CT molecular complexity index is 664. The molecule has 0 saturated heterocycles. The highest BCUT2D eigenvalue weighted by Gasteiger charge is 2.19. The Labute approximate surface area is 119 Å². The van der Waals surface area contributed by atoms with Gasteiger partial charge in [0.2, 0.25) is 5.91 Å². The van der Waals surface area contributed by atoms with Crippen LogP contribution in [0.3, 0.4) is 0 Å². The highest BCUT2D eigenvalue weighted by molar-refractivity contribution is 5.94. The maximum Gasteiger partial charge on any atom is 0.241 e.